The molecule has 0 saturated carbocycles. The summed E-state index contributed by atoms with van der Waals surface area (Å²) in [4.78, 5) is 23.3. The van der Waals surface area contributed by atoms with E-state index in [2.05, 4.69) is 0 Å². The van der Waals surface area contributed by atoms with Crippen molar-refractivity contribution in [3.05, 3.63) is 33.9 Å². The van der Waals surface area contributed by atoms with E-state index in [1.54, 1.807) is 19.1 Å². The SMILES string of the molecule is Cc1ccc([N+](=O)[O-])c(N2CC(O)CC2=O)c1. The van der Waals surface area contributed by atoms with Crippen LogP contribution in [-0.4, -0.2) is 28.6 Å². The molecule has 0 radical (unpaired) electrons. The second-order valence-electron chi connectivity index (χ2n) is 4.11. The van der Waals surface area contributed by atoms with Gasteiger partial charge >= 0.3 is 0 Å². The van der Waals surface area contributed by atoms with Crippen LogP contribution >= 0.6 is 0 Å². The van der Waals surface area contributed by atoms with Gasteiger partial charge in [0.25, 0.3) is 5.69 Å². The normalized spacial score (nSPS) is 19.8. The molecule has 6 heteroatoms. The van der Waals surface area contributed by atoms with E-state index in [1.807, 2.05) is 0 Å². The van der Waals surface area contributed by atoms with E-state index in [9.17, 15) is 20.0 Å². The monoisotopic (exact) mass is 236 g/mol. The van der Waals surface area contributed by atoms with Crippen LogP contribution in [0.3, 0.4) is 0 Å². The molecule has 17 heavy (non-hydrogen) atoms. The van der Waals surface area contributed by atoms with Crippen molar-refractivity contribution in [2.24, 2.45) is 0 Å². The maximum absolute atomic E-state index is 11.6. The standard InChI is InChI=1S/C11H12N2O4/c1-7-2-3-9(13(16)17)10(4-7)12-6-8(14)5-11(12)15/h2-4,8,14H,5-6H2,1H3. The van der Waals surface area contributed by atoms with Crippen LogP contribution in [0.4, 0.5) is 11.4 Å². The summed E-state index contributed by atoms with van der Waals surface area (Å²) in [7, 11) is 0. The first-order valence-corrected chi connectivity index (χ1v) is 5.22. The molecule has 1 heterocycles. The van der Waals surface area contributed by atoms with E-state index in [0.29, 0.717) is 0 Å². The molecule has 1 N–H and O–H groups in total. The average Bonchev–Trinajstić information content (AvgIpc) is 2.57. The summed E-state index contributed by atoms with van der Waals surface area (Å²) < 4.78 is 0. The van der Waals surface area contributed by atoms with Crippen LogP contribution in [0.2, 0.25) is 0 Å². The number of rotatable bonds is 2. The number of aliphatic hydroxyl groups is 1. The lowest BCUT2D eigenvalue weighted by Crippen LogP contribution is -2.26. The van der Waals surface area contributed by atoms with Gasteiger partial charge in [-0.2, -0.15) is 0 Å². The second-order valence-corrected chi connectivity index (χ2v) is 4.11. The molecule has 1 aromatic rings. The molecule has 1 aliphatic rings. The highest BCUT2D eigenvalue weighted by molar-refractivity contribution is 5.98. The lowest BCUT2D eigenvalue weighted by molar-refractivity contribution is -0.384. The molecule has 1 aliphatic heterocycles. The van der Waals surface area contributed by atoms with Gasteiger partial charge in [0, 0.05) is 6.07 Å². The number of aryl methyl sites for hydroxylation is 1. The van der Waals surface area contributed by atoms with E-state index in [1.165, 1.54) is 11.0 Å². The molecular formula is C11H12N2O4. The Labute approximate surface area is 97.6 Å². The topological polar surface area (TPSA) is 83.7 Å². The Kier molecular flexibility index (Phi) is 2.81. The highest BCUT2D eigenvalue weighted by Gasteiger charge is 2.33. The number of hydrogen-bond acceptors (Lipinski definition) is 4. The number of nitrogens with zero attached hydrogens (tertiary/aromatic N) is 2. The molecule has 90 valence electrons. The fraction of sp³-hybridized carbons (Fsp3) is 0.364. The molecule has 1 amide bonds. The highest BCUT2D eigenvalue weighted by atomic mass is 16.6. The first kappa shape index (κ1) is 11.5. The second kappa shape index (κ2) is 4.14. The van der Waals surface area contributed by atoms with Gasteiger partial charge in [0.15, 0.2) is 0 Å². The summed E-state index contributed by atoms with van der Waals surface area (Å²) in [6.45, 7) is 1.91. The fourth-order valence-electron chi connectivity index (χ4n) is 1.93. The maximum Gasteiger partial charge on any atom is 0.292 e. The molecule has 1 aromatic carbocycles. The number of anilines is 1. The molecule has 0 aliphatic carbocycles. The fourth-order valence-corrected chi connectivity index (χ4v) is 1.93. The van der Waals surface area contributed by atoms with E-state index in [-0.39, 0.29) is 30.2 Å². The number of carbonyl (C=O) groups excluding carboxylic acids is 1. The van der Waals surface area contributed by atoms with Crippen LogP contribution in [0.25, 0.3) is 0 Å². The van der Waals surface area contributed by atoms with Crippen LogP contribution in [0.15, 0.2) is 18.2 Å². The summed E-state index contributed by atoms with van der Waals surface area (Å²) in [5.74, 6) is -0.286. The number of β-amino-alcohol motifs (C(OH)–C–C–N with tert-alkyl or cyclic N) is 1. The smallest absolute Gasteiger partial charge is 0.292 e. The summed E-state index contributed by atoms with van der Waals surface area (Å²) in [5, 5.41) is 20.3. The molecule has 0 bridgehead atoms. The summed E-state index contributed by atoms with van der Waals surface area (Å²) in [6.07, 6.45) is -0.729. The zero-order valence-electron chi connectivity index (χ0n) is 9.29. The predicted octanol–water partition coefficient (Wildman–Crippen LogP) is 1.00. The van der Waals surface area contributed by atoms with Gasteiger partial charge in [-0.1, -0.05) is 6.07 Å². The summed E-state index contributed by atoms with van der Waals surface area (Å²) in [5.41, 5.74) is 0.981. The zero-order chi connectivity index (χ0) is 12.6. The quantitative estimate of drug-likeness (QED) is 0.613. The number of nitro groups is 1. The Hall–Kier alpha value is -1.95. The molecule has 1 fully saturated rings. The van der Waals surface area contributed by atoms with Gasteiger partial charge in [-0.05, 0) is 18.6 Å². The van der Waals surface area contributed by atoms with Crippen LogP contribution in [0.5, 0.6) is 0 Å². The van der Waals surface area contributed by atoms with E-state index >= 15 is 0 Å². The maximum atomic E-state index is 11.6. The Morgan fingerprint density at radius 1 is 1.53 bits per heavy atom. The van der Waals surface area contributed by atoms with Crippen LogP contribution in [0.1, 0.15) is 12.0 Å². The third kappa shape index (κ3) is 2.12. The minimum absolute atomic E-state index is 0.0189. The van der Waals surface area contributed by atoms with E-state index in [4.69, 9.17) is 0 Å². The summed E-state index contributed by atoms with van der Waals surface area (Å²) >= 11 is 0. The lowest BCUT2D eigenvalue weighted by Gasteiger charge is -2.16. The number of amides is 1. The summed E-state index contributed by atoms with van der Waals surface area (Å²) in [6, 6.07) is 4.59. The third-order valence-corrected chi connectivity index (χ3v) is 2.72. The Bertz CT molecular complexity index is 486. The van der Waals surface area contributed by atoms with Gasteiger partial charge in [0.2, 0.25) is 5.91 Å². The molecule has 6 nitrogen and oxygen atoms in total. The Balaban J connectivity index is 2.46. The first-order chi connectivity index (χ1) is 7.99. The molecule has 1 saturated heterocycles. The minimum atomic E-state index is -0.748. The van der Waals surface area contributed by atoms with Crippen molar-refractivity contribution in [3.8, 4) is 0 Å². The Morgan fingerprint density at radius 3 is 2.76 bits per heavy atom. The predicted molar refractivity (Wildman–Crippen MR) is 60.8 cm³/mol. The lowest BCUT2D eigenvalue weighted by atomic mass is 10.2. The van der Waals surface area contributed by atoms with Crippen LogP contribution < -0.4 is 4.90 Å². The molecular weight excluding hydrogens is 224 g/mol. The van der Waals surface area contributed by atoms with Gasteiger partial charge in [0.05, 0.1) is 24.0 Å². The van der Waals surface area contributed by atoms with Gasteiger partial charge < -0.3 is 10.0 Å². The number of benzene rings is 1. The number of carbonyl (C=O) groups is 1. The van der Waals surface area contributed by atoms with E-state index < -0.39 is 11.0 Å². The third-order valence-electron chi connectivity index (χ3n) is 2.72. The van der Waals surface area contributed by atoms with Crippen molar-refractivity contribution < 1.29 is 14.8 Å². The van der Waals surface area contributed by atoms with Crippen LogP contribution in [0, 0.1) is 17.0 Å². The van der Waals surface area contributed by atoms with Gasteiger partial charge in [-0.25, -0.2) is 0 Å². The number of hydrogen-bond donors (Lipinski definition) is 1. The van der Waals surface area contributed by atoms with Crippen molar-refractivity contribution in [2.45, 2.75) is 19.4 Å². The molecule has 0 aromatic heterocycles. The molecule has 1 unspecified atom stereocenters. The van der Waals surface area contributed by atoms with Gasteiger partial charge in [0.1, 0.15) is 5.69 Å². The number of nitro benzene ring substituents is 1. The molecule has 2 rings (SSSR count). The van der Waals surface area contributed by atoms with Crippen molar-refractivity contribution in [1.29, 1.82) is 0 Å². The van der Waals surface area contributed by atoms with Crippen molar-refractivity contribution in [2.75, 3.05) is 11.4 Å². The Morgan fingerprint density at radius 2 is 2.24 bits per heavy atom. The molecule has 0 spiro atoms. The van der Waals surface area contributed by atoms with Crippen molar-refractivity contribution >= 4 is 17.3 Å². The van der Waals surface area contributed by atoms with Gasteiger partial charge in [-0.15, -0.1) is 0 Å². The largest absolute Gasteiger partial charge is 0.391 e. The van der Waals surface area contributed by atoms with Crippen molar-refractivity contribution in [3.63, 3.8) is 0 Å². The first-order valence-electron chi connectivity index (χ1n) is 5.22. The molecule has 1 atom stereocenters. The van der Waals surface area contributed by atoms with E-state index in [0.717, 1.165) is 5.56 Å². The van der Waals surface area contributed by atoms with Crippen molar-refractivity contribution in [1.82, 2.24) is 0 Å². The average molecular weight is 236 g/mol. The van der Waals surface area contributed by atoms with Crippen LogP contribution in [-0.2, 0) is 4.79 Å². The highest BCUT2D eigenvalue weighted by Crippen LogP contribution is 2.32. The number of aliphatic hydroxyl groups excluding tert-OH is 1. The zero-order valence-corrected chi connectivity index (χ0v) is 9.29. The van der Waals surface area contributed by atoms with Gasteiger partial charge in [-0.3, -0.25) is 14.9 Å². The minimum Gasteiger partial charge on any atom is -0.391 e.